The van der Waals surface area contributed by atoms with Crippen LogP contribution in [0.4, 0.5) is 0 Å². The van der Waals surface area contributed by atoms with Gasteiger partial charge in [-0.15, -0.1) is 0 Å². The van der Waals surface area contributed by atoms with Crippen molar-refractivity contribution in [1.82, 2.24) is 0 Å². The molecule has 3 aromatic rings. The molecule has 23 heavy (non-hydrogen) atoms. The van der Waals surface area contributed by atoms with Gasteiger partial charge >= 0.3 is 0 Å². The summed E-state index contributed by atoms with van der Waals surface area (Å²) >= 11 is 0. The monoisotopic (exact) mass is 300 g/mol. The van der Waals surface area contributed by atoms with E-state index >= 15 is 0 Å². The molecule has 0 amide bonds. The van der Waals surface area contributed by atoms with Crippen molar-refractivity contribution in [3.63, 3.8) is 0 Å². The van der Waals surface area contributed by atoms with Gasteiger partial charge in [0.1, 0.15) is 5.75 Å². The smallest absolute Gasteiger partial charge is 0.123 e. The van der Waals surface area contributed by atoms with E-state index < -0.39 is 0 Å². The number of phenols is 1. The predicted octanol–water partition coefficient (Wildman–Crippen LogP) is 5.58. The van der Waals surface area contributed by atoms with E-state index in [0.29, 0.717) is 5.75 Å². The minimum atomic E-state index is 0.370. The highest BCUT2D eigenvalue weighted by molar-refractivity contribution is 5.86. The number of hydrogen-bond acceptors (Lipinski definition) is 1. The summed E-state index contributed by atoms with van der Waals surface area (Å²) in [6.07, 6.45) is 3.10. The lowest BCUT2D eigenvalue weighted by Gasteiger charge is -2.12. The lowest BCUT2D eigenvalue weighted by molar-refractivity contribution is 0.477. The molecule has 0 radical (unpaired) electrons. The van der Waals surface area contributed by atoms with Gasteiger partial charge in [0, 0.05) is 5.56 Å². The maximum absolute atomic E-state index is 10.4. The van der Waals surface area contributed by atoms with Crippen molar-refractivity contribution in [2.24, 2.45) is 0 Å². The molecule has 1 aliphatic carbocycles. The van der Waals surface area contributed by atoms with Crippen LogP contribution in [0.1, 0.15) is 30.0 Å². The number of benzene rings is 3. The number of aromatic hydroxyl groups is 1. The summed E-state index contributed by atoms with van der Waals surface area (Å²) in [4.78, 5) is 0. The molecule has 0 unspecified atom stereocenters. The van der Waals surface area contributed by atoms with Gasteiger partial charge in [-0.05, 0) is 58.4 Å². The van der Waals surface area contributed by atoms with Crippen molar-refractivity contribution in [2.75, 3.05) is 0 Å². The lowest BCUT2D eigenvalue weighted by Crippen LogP contribution is -1.91. The molecule has 114 valence electrons. The average molecular weight is 300 g/mol. The lowest BCUT2D eigenvalue weighted by atomic mass is 9.93. The number of rotatable bonds is 3. The molecule has 0 atom stereocenters. The van der Waals surface area contributed by atoms with E-state index in [-0.39, 0.29) is 0 Å². The number of phenolic OH excluding ortho intramolecular Hbond substituents is 1. The van der Waals surface area contributed by atoms with Crippen molar-refractivity contribution >= 4 is 0 Å². The molecule has 3 aromatic carbocycles. The van der Waals surface area contributed by atoms with Gasteiger partial charge < -0.3 is 5.11 Å². The quantitative estimate of drug-likeness (QED) is 0.523. The van der Waals surface area contributed by atoms with Crippen LogP contribution in [-0.2, 0) is 12.8 Å². The molecule has 0 aromatic heterocycles. The Morgan fingerprint density at radius 3 is 2.39 bits per heavy atom. The minimum Gasteiger partial charge on any atom is -0.507 e. The Kier molecular flexibility index (Phi) is 3.42. The highest BCUT2D eigenvalue weighted by Gasteiger charge is 2.22. The molecule has 0 saturated carbocycles. The fraction of sp³-hybridized carbons (Fsp3) is 0.182. The van der Waals surface area contributed by atoms with Crippen LogP contribution in [-0.4, -0.2) is 5.11 Å². The van der Waals surface area contributed by atoms with Crippen molar-refractivity contribution in [1.29, 1.82) is 0 Å². The Labute approximate surface area is 137 Å². The van der Waals surface area contributed by atoms with E-state index in [0.717, 1.165) is 30.4 Å². The van der Waals surface area contributed by atoms with Crippen LogP contribution >= 0.6 is 0 Å². The fourth-order valence-electron chi connectivity index (χ4n) is 3.65. The molecule has 0 fully saturated rings. The zero-order valence-electron chi connectivity index (χ0n) is 13.3. The van der Waals surface area contributed by atoms with E-state index in [1.54, 1.807) is 0 Å². The van der Waals surface area contributed by atoms with Gasteiger partial charge in [0.15, 0.2) is 0 Å². The van der Waals surface area contributed by atoms with Gasteiger partial charge in [-0.25, -0.2) is 0 Å². The molecule has 1 heteroatoms. The molecule has 0 heterocycles. The van der Waals surface area contributed by atoms with E-state index in [1.165, 1.54) is 27.8 Å². The van der Waals surface area contributed by atoms with Crippen LogP contribution in [0, 0.1) is 0 Å². The first kappa shape index (κ1) is 14.1. The van der Waals surface area contributed by atoms with Crippen LogP contribution in [0.5, 0.6) is 5.75 Å². The Morgan fingerprint density at radius 2 is 1.57 bits per heavy atom. The second kappa shape index (κ2) is 5.58. The van der Waals surface area contributed by atoms with Gasteiger partial charge in [-0.1, -0.05) is 61.9 Å². The minimum absolute atomic E-state index is 0.370. The first-order valence-electron chi connectivity index (χ1n) is 8.30. The second-order valence-corrected chi connectivity index (χ2v) is 6.27. The zero-order valence-corrected chi connectivity index (χ0v) is 13.3. The van der Waals surface area contributed by atoms with Crippen molar-refractivity contribution in [2.45, 2.75) is 26.2 Å². The second-order valence-electron chi connectivity index (χ2n) is 6.27. The van der Waals surface area contributed by atoms with Gasteiger partial charge in [0.05, 0.1) is 0 Å². The van der Waals surface area contributed by atoms with Gasteiger partial charge in [0.25, 0.3) is 0 Å². The Morgan fingerprint density at radius 1 is 0.826 bits per heavy atom. The topological polar surface area (TPSA) is 20.2 Å². The third kappa shape index (κ3) is 2.33. The largest absolute Gasteiger partial charge is 0.507 e. The highest BCUT2D eigenvalue weighted by atomic mass is 16.3. The highest BCUT2D eigenvalue weighted by Crippen LogP contribution is 2.43. The zero-order chi connectivity index (χ0) is 15.8. The van der Waals surface area contributed by atoms with Gasteiger partial charge in [-0.2, -0.15) is 0 Å². The number of fused-ring (bicyclic) bond motifs is 3. The molecule has 1 N–H and O–H groups in total. The molecule has 4 rings (SSSR count). The molecule has 1 aliphatic rings. The van der Waals surface area contributed by atoms with Crippen LogP contribution < -0.4 is 0 Å². The molecule has 0 bridgehead atoms. The fourth-order valence-corrected chi connectivity index (χ4v) is 3.65. The van der Waals surface area contributed by atoms with E-state index in [4.69, 9.17) is 0 Å². The Balaban J connectivity index is 1.88. The van der Waals surface area contributed by atoms with Crippen LogP contribution in [0.15, 0.2) is 60.7 Å². The standard InChI is InChI=1S/C22H20O/c1-2-6-15-11-12-22(23)21(13-15)19-10-5-9-18-17-8-4-3-7-16(17)14-20(18)19/h3-5,7-13,23H,2,6,14H2,1H3. The summed E-state index contributed by atoms with van der Waals surface area (Å²) in [5.74, 6) is 0.370. The summed E-state index contributed by atoms with van der Waals surface area (Å²) in [5.41, 5.74) is 8.74. The maximum atomic E-state index is 10.4. The molecule has 1 nitrogen and oxygen atoms in total. The summed E-state index contributed by atoms with van der Waals surface area (Å²) in [7, 11) is 0. The summed E-state index contributed by atoms with van der Waals surface area (Å²) < 4.78 is 0. The van der Waals surface area contributed by atoms with E-state index in [2.05, 4.69) is 55.5 Å². The molecule has 0 aliphatic heterocycles. The van der Waals surface area contributed by atoms with Crippen molar-refractivity contribution < 1.29 is 5.11 Å². The summed E-state index contributed by atoms with van der Waals surface area (Å²) in [5, 5.41) is 10.4. The first-order valence-corrected chi connectivity index (χ1v) is 8.30. The van der Waals surface area contributed by atoms with Crippen LogP contribution in [0.2, 0.25) is 0 Å². The van der Waals surface area contributed by atoms with Crippen molar-refractivity contribution in [3.05, 3.63) is 77.4 Å². The molecular weight excluding hydrogens is 280 g/mol. The van der Waals surface area contributed by atoms with Crippen LogP contribution in [0.3, 0.4) is 0 Å². The molecular formula is C22H20O. The van der Waals surface area contributed by atoms with E-state index in [1.807, 2.05) is 12.1 Å². The average Bonchev–Trinajstić information content (AvgIpc) is 2.96. The third-order valence-corrected chi connectivity index (χ3v) is 4.74. The SMILES string of the molecule is CCCc1ccc(O)c(-c2cccc3c2Cc2ccccc2-3)c1. The Bertz CT molecular complexity index is 877. The van der Waals surface area contributed by atoms with Crippen LogP contribution in [0.25, 0.3) is 22.3 Å². The Hall–Kier alpha value is -2.54. The first-order chi connectivity index (χ1) is 11.3. The summed E-state index contributed by atoms with van der Waals surface area (Å²) in [6.45, 7) is 2.18. The number of aryl methyl sites for hydroxylation is 1. The summed E-state index contributed by atoms with van der Waals surface area (Å²) in [6, 6.07) is 21.0. The molecule has 0 spiro atoms. The van der Waals surface area contributed by atoms with Crippen molar-refractivity contribution in [3.8, 4) is 28.0 Å². The van der Waals surface area contributed by atoms with Gasteiger partial charge in [-0.3, -0.25) is 0 Å². The third-order valence-electron chi connectivity index (χ3n) is 4.74. The molecule has 0 saturated heterocycles. The predicted molar refractivity (Wildman–Crippen MR) is 95.8 cm³/mol. The maximum Gasteiger partial charge on any atom is 0.123 e. The van der Waals surface area contributed by atoms with E-state index in [9.17, 15) is 5.11 Å². The number of hydrogen-bond donors (Lipinski definition) is 1. The van der Waals surface area contributed by atoms with Gasteiger partial charge in [0.2, 0.25) is 0 Å². The normalized spacial score (nSPS) is 12.0.